The molecular weight excluding hydrogens is 160 g/mol. The van der Waals surface area contributed by atoms with Crippen LogP contribution in [0.5, 0.6) is 0 Å². The van der Waals surface area contributed by atoms with Crippen LogP contribution in [0.4, 0.5) is 0 Å². The quantitative estimate of drug-likeness (QED) is 0.552. The Labute approximate surface area is 74.0 Å². The third-order valence-corrected chi connectivity index (χ3v) is 3.59. The van der Waals surface area contributed by atoms with Crippen LogP contribution in [0, 0.1) is 17.3 Å². The number of halogens is 1. The third kappa shape index (κ3) is 1.01. The van der Waals surface area contributed by atoms with Gasteiger partial charge in [0.05, 0.1) is 0 Å². The predicted molar refractivity (Wildman–Crippen MR) is 46.9 cm³/mol. The van der Waals surface area contributed by atoms with Crippen LogP contribution in [0.15, 0.2) is 0 Å². The van der Waals surface area contributed by atoms with Crippen molar-refractivity contribution in [3.8, 4) is 0 Å². The van der Waals surface area contributed by atoms with Crippen molar-refractivity contribution in [1.82, 2.24) is 0 Å². The first-order valence-electron chi connectivity index (χ1n) is 4.15. The van der Waals surface area contributed by atoms with Gasteiger partial charge in [-0.3, -0.25) is 4.79 Å². The monoisotopic (exact) mass is 174 g/mol. The highest BCUT2D eigenvalue weighted by Gasteiger charge is 2.52. The molecular formula is C9H15ClO. The zero-order valence-electron chi connectivity index (χ0n) is 7.09. The molecule has 0 spiro atoms. The van der Waals surface area contributed by atoms with Gasteiger partial charge in [0.25, 0.3) is 0 Å². The summed E-state index contributed by atoms with van der Waals surface area (Å²) in [7, 11) is 0. The first-order chi connectivity index (χ1) is 4.62. The molecule has 2 atom stereocenters. The highest BCUT2D eigenvalue weighted by atomic mass is 35.5. The molecule has 2 unspecified atom stereocenters. The van der Waals surface area contributed by atoms with Crippen LogP contribution in [0.3, 0.4) is 0 Å². The molecule has 2 fully saturated rings. The van der Waals surface area contributed by atoms with Crippen molar-refractivity contribution in [2.24, 2.45) is 17.3 Å². The summed E-state index contributed by atoms with van der Waals surface area (Å²) in [5.41, 5.74) is 0.344. The SMILES string of the molecule is CC1(C)C2CCC1C(=O)C2.Cl. The fraction of sp³-hybridized carbons (Fsp3) is 0.889. The van der Waals surface area contributed by atoms with Crippen molar-refractivity contribution in [1.29, 1.82) is 0 Å². The topological polar surface area (TPSA) is 17.1 Å². The van der Waals surface area contributed by atoms with Crippen LogP contribution in [-0.4, -0.2) is 5.78 Å². The minimum atomic E-state index is 0. The fourth-order valence-electron chi connectivity index (χ4n) is 2.72. The lowest BCUT2D eigenvalue weighted by atomic mass is 9.82. The second-order valence-electron chi connectivity index (χ2n) is 4.32. The van der Waals surface area contributed by atoms with Crippen LogP contribution in [0.1, 0.15) is 33.1 Å². The summed E-state index contributed by atoms with van der Waals surface area (Å²) in [5.74, 6) is 1.66. The van der Waals surface area contributed by atoms with Gasteiger partial charge in [-0.05, 0) is 24.2 Å². The number of Topliss-reactive ketones (excluding diaryl/α,β-unsaturated/α-hetero) is 1. The summed E-state index contributed by atoms with van der Waals surface area (Å²) < 4.78 is 0. The van der Waals surface area contributed by atoms with E-state index < -0.39 is 0 Å². The van der Waals surface area contributed by atoms with Gasteiger partial charge < -0.3 is 0 Å². The van der Waals surface area contributed by atoms with Crippen LogP contribution in [0.25, 0.3) is 0 Å². The average Bonchev–Trinajstić information content (AvgIpc) is 2.20. The Hall–Kier alpha value is -0.0400. The zero-order chi connectivity index (χ0) is 7.35. The zero-order valence-corrected chi connectivity index (χ0v) is 7.91. The lowest BCUT2D eigenvalue weighted by Gasteiger charge is -2.21. The maximum absolute atomic E-state index is 11.3. The molecule has 2 saturated carbocycles. The van der Waals surface area contributed by atoms with E-state index in [4.69, 9.17) is 0 Å². The molecule has 0 heterocycles. The summed E-state index contributed by atoms with van der Waals surface area (Å²) in [6, 6.07) is 0. The minimum absolute atomic E-state index is 0. The maximum Gasteiger partial charge on any atom is 0.136 e. The van der Waals surface area contributed by atoms with E-state index in [0.29, 0.717) is 23.0 Å². The Bertz CT molecular complexity index is 186. The molecule has 2 rings (SSSR count). The number of carbonyl (C=O) groups is 1. The number of fused-ring (bicyclic) bond motifs is 2. The number of hydrogen-bond donors (Lipinski definition) is 0. The van der Waals surface area contributed by atoms with Crippen molar-refractivity contribution in [3.05, 3.63) is 0 Å². The van der Waals surface area contributed by atoms with Crippen LogP contribution in [-0.2, 0) is 4.79 Å². The maximum atomic E-state index is 11.3. The lowest BCUT2D eigenvalue weighted by molar-refractivity contribution is -0.122. The lowest BCUT2D eigenvalue weighted by Crippen LogP contribution is -2.19. The summed E-state index contributed by atoms with van der Waals surface area (Å²) in [6.45, 7) is 4.50. The fourth-order valence-corrected chi connectivity index (χ4v) is 2.72. The van der Waals surface area contributed by atoms with Crippen molar-refractivity contribution in [2.45, 2.75) is 33.1 Å². The molecule has 0 aliphatic heterocycles. The number of hydrogen-bond acceptors (Lipinski definition) is 1. The Balaban J connectivity index is 0.000000605. The highest BCUT2D eigenvalue weighted by molar-refractivity contribution is 5.85. The largest absolute Gasteiger partial charge is 0.299 e. The van der Waals surface area contributed by atoms with E-state index in [-0.39, 0.29) is 12.4 Å². The van der Waals surface area contributed by atoms with E-state index in [1.165, 1.54) is 6.42 Å². The molecule has 1 nitrogen and oxygen atoms in total. The van der Waals surface area contributed by atoms with E-state index in [1.807, 2.05) is 0 Å². The van der Waals surface area contributed by atoms with Crippen molar-refractivity contribution in [2.75, 3.05) is 0 Å². The van der Waals surface area contributed by atoms with Gasteiger partial charge in [-0.15, -0.1) is 12.4 Å². The van der Waals surface area contributed by atoms with Gasteiger partial charge in [0.2, 0.25) is 0 Å². The van der Waals surface area contributed by atoms with Crippen molar-refractivity contribution < 1.29 is 4.79 Å². The van der Waals surface area contributed by atoms with Crippen LogP contribution >= 0.6 is 12.4 Å². The molecule has 11 heavy (non-hydrogen) atoms. The van der Waals surface area contributed by atoms with Gasteiger partial charge in [-0.1, -0.05) is 13.8 Å². The average molecular weight is 175 g/mol. The molecule has 2 heteroatoms. The van der Waals surface area contributed by atoms with E-state index in [9.17, 15) is 4.79 Å². The summed E-state index contributed by atoms with van der Waals surface area (Å²) in [4.78, 5) is 11.3. The van der Waals surface area contributed by atoms with Crippen molar-refractivity contribution in [3.63, 3.8) is 0 Å². The van der Waals surface area contributed by atoms with Crippen LogP contribution < -0.4 is 0 Å². The van der Waals surface area contributed by atoms with E-state index in [0.717, 1.165) is 12.8 Å². The first kappa shape index (κ1) is 9.05. The molecule has 0 aromatic rings. The smallest absolute Gasteiger partial charge is 0.136 e. The molecule has 2 aliphatic rings. The molecule has 0 saturated heterocycles. The summed E-state index contributed by atoms with van der Waals surface area (Å²) in [6.07, 6.45) is 3.33. The first-order valence-corrected chi connectivity index (χ1v) is 4.15. The molecule has 0 aromatic carbocycles. The van der Waals surface area contributed by atoms with Gasteiger partial charge in [0.1, 0.15) is 5.78 Å². The van der Waals surface area contributed by atoms with Crippen molar-refractivity contribution >= 4 is 18.2 Å². The molecule has 2 bridgehead atoms. The molecule has 0 amide bonds. The van der Waals surface area contributed by atoms with E-state index in [2.05, 4.69) is 13.8 Å². The predicted octanol–water partition coefficient (Wildman–Crippen LogP) is 2.43. The van der Waals surface area contributed by atoms with Gasteiger partial charge in [-0.2, -0.15) is 0 Å². The van der Waals surface area contributed by atoms with Gasteiger partial charge in [0, 0.05) is 12.3 Å². The Kier molecular flexibility index (Phi) is 2.04. The normalized spacial score (nSPS) is 38.9. The number of ketones is 1. The minimum Gasteiger partial charge on any atom is -0.299 e. The van der Waals surface area contributed by atoms with E-state index in [1.54, 1.807) is 0 Å². The molecule has 0 aromatic heterocycles. The Morgan fingerprint density at radius 3 is 2.18 bits per heavy atom. The highest BCUT2D eigenvalue weighted by Crippen LogP contribution is 2.55. The summed E-state index contributed by atoms with van der Waals surface area (Å²) in [5, 5.41) is 0. The van der Waals surface area contributed by atoms with Gasteiger partial charge in [-0.25, -0.2) is 0 Å². The molecule has 0 N–H and O–H groups in total. The Morgan fingerprint density at radius 1 is 1.36 bits per heavy atom. The van der Waals surface area contributed by atoms with E-state index >= 15 is 0 Å². The molecule has 0 radical (unpaired) electrons. The molecule has 2 aliphatic carbocycles. The third-order valence-electron chi connectivity index (χ3n) is 3.59. The second kappa shape index (κ2) is 2.48. The van der Waals surface area contributed by atoms with Gasteiger partial charge in [0.15, 0.2) is 0 Å². The second-order valence-corrected chi connectivity index (χ2v) is 4.32. The Morgan fingerprint density at radius 2 is 2.00 bits per heavy atom. The van der Waals surface area contributed by atoms with Gasteiger partial charge >= 0.3 is 0 Å². The number of rotatable bonds is 0. The molecule has 64 valence electrons. The standard InChI is InChI=1S/C9H14O.ClH/c1-9(2)6-3-4-7(9)8(10)5-6;/h6-7H,3-5H2,1-2H3;1H. The summed E-state index contributed by atoms with van der Waals surface area (Å²) >= 11 is 0. The number of carbonyl (C=O) groups excluding carboxylic acids is 1. The van der Waals surface area contributed by atoms with Crippen LogP contribution in [0.2, 0.25) is 0 Å².